The van der Waals surface area contributed by atoms with Crippen LogP contribution in [0.15, 0.2) is 65.3 Å². The molecule has 0 atom stereocenters. The molecule has 3 heterocycles. The van der Waals surface area contributed by atoms with Gasteiger partial charge in [0.25, 0.3) is 0 Å². The molecule has 1 fully saturated rings. The van der Waals surface area contributed by atoms with Gasteiger partial charge in [-0.1, -0.05) is 35.9 Å². The number of carbonyl (C=O) groups excluding carboxylic acids is 1. The third kappa shape index (κ3) is 3.65. The lowest BCUT2D eigenvalue weighted by Crippen LogP contribution is -2.22. The van der Waals surface area contributed by atoms with Crippen molar-refractivity contribution in [1.29, 1.82) is 0 Å². The molecule has 0 N–H and O–H groups in total. The highest BCUT2D eigenvalue weighted by atomic mass is 16.6. The highest BCUT2D eigenvalue weighted by Crippen LogP contribution is 2.32. The zero-order chi connectivity index (χ0) is 21.4. The van der Waals surface area contributed by atoms with Crippen LogP contribution >= 0.6 is 0 Å². The molecule has 31 heavy (non-hydrogen) atoms. The summed E-state index contributed by atoms with van der Waals surface area (Å²) in [5.41, 5.74) is 4.99. The van der Waals surface area contributed by atoms with Gasteiger partial charge in [0.2, 0.25) is 5.90 Å². The Morgan fingerprint density at radius 1 is 0.968 bits per heavy atom. The molecule has 3 aromatic rings. The summed E-state index contributed by atoms with van der Waals surface area (Å²) in [6.07, 6.45) is 4.11. The zero-order valence-electron chi connectivity index (χ0n) is 17.7. The van der Waals surface area contributed by atoms with Gasteiger partial charge in [0.05, 0.1) is 11.4 Å². The van der Waals surface area contributed by atoms with Crippen LogP contribution in [0, 0.1) is 13.8 Å². The number of hydrogen-bond donors (Lipinski definition) is 0. The average molecular weight is 412 g/mol. The summed E-state index contributed by atoms with van der Waals surface area (Å²) in [4.78, 5) is 19.4. The Hall–Kier alpha value is -3.67. The van der Waals surface area contributed by atoms with Crippen LogP contribution in [0.5, 0.6) is 0 Å². The number of aliphatic imine (C=N–C) groups is 1. The van der Waals surface area contributed by atoms with E-state index in [2.05, 4.69) is 9.89 Å². The summed E-state index contributed by atoms with van der Waals surface area (Å²) in [5.74, 6) is 0.905. The minimum Gasteiger partial charge on any atom is -0.402 e. The SMILES string of the molecule is Cc1ccc(C2=N/C(=C/c3c(C)nn(-c4ccccc4)c3N3CCCC3)C(=O)O2)cc1. The molecule has 6 nitrogen and oxygen atoms in total. The number of benzene rings is 2. The molecule has 0 radical (unpaired) electrons. The van der Waals surface area contributed by atoms with Crippen LogP contribution in [0.2, 0.25) is 0 Å². The third-order valence-corrected chi connectivity index (χ3v) is 5.69. The number of hydrogen-bond acceptors (Lipinski definition) is 5. The number of nitrogens with zero attached hydrogens (tertiary/aromatic N) is 4. The van der Waals surface area contributed by atoms with E-state index in [1.165, 1.54) is 0 Å². The molecular weight excluding hydrogens is 388 g/mol. The van der Waals surface area contributed by atoms with Crippen LogP contribution in [0.1, 0.15) is 35.2 Å². The number of para-hydroxylation sites is 1. The Morgan fingerprint density at radius 3 is 2.39 bits per heavy atom. The van der Waals surface area contributed by atoms with Gasteiger partial charge < -0.3 is 9.64 Å². The Morgan fingerprint density at radius 2 is 1.68 bits per heavy atom. The van der Waals surface area contributed by atoms with Crippen molar-refractivity contribution in [3.05, 3.63) is 82.7 Å². The van der Waals surface area contributed by atoms with Gasteiger partial charge in [-0.15, -0.1) is 0 Å². The summed E-state index contributed by atoms with van der Waals surface area (Å²) in [6.45, 7) is 5.92. The summed E-state index contributed by atoms with van der Waals surface area (Å²) in [5, 5.41) is 4.81. The normalized spacial score (nSPS) is 17.4. The Kier molecular flexibility index (Phi) is 4.90. The lowest BCUT2D eigenvalue weighted by Gasteiger charge is -2.20. The maximum absolute atomic E-state index is 12.6. The smallest absolute Gasteiger partial charge is 0.363 e. The molecule has 2 aliphatic rings. The molecule has 0 saturated carbocycles. The van der Waals surface area contributed by atoms with Crippen molar-refractivity contribution in [3.8, 4) is 5.69 Å². The first-order chi connectivity index (χ1) is 15.1. The predicted molar refractivity (Wildman–Crippen MR) is 122 cm³/mol. The van der Waals surface area contributed by atoms with Crippen molar-refractivity contribution in [2.75, 3.05) is 18.0 Å². The average Bonchev–Trinajstić information content (AvgIpc) is 3.50. The first kappa shape index (κ1) is 19.3. The van der Waals surface area contributed by atoms with Crippen molar-refractivity contribution in [1.82, 2.24) is 9.78 Å². The fourth-order valence-electron chi connectivity index (χ4n) is 4.04. The van der Waals surface area contributed by atoms with Crippen molar-refractivity contribution in [2.24, 2.45) is 4.99 Å². The largest absolute Gasteiger partial charge is 0.402 e. The van der Waals surface area contributed by atoms with Gasteiger partial charge >= 0.3 is 5.97 Å². The predicted octanol–water partition coefficient (Wildman–Crippen LogP) is 4.43. The van der Waals surface area contributed by atoms with Gasteiger partial charge in [0.1, 0.15) is 5.82 Å². The van der Waals surface area contributed by atoms with Crippen LogP contribution < -0.4 is 4.90 Å². The molecule has 2 aliphatic heterocycles. The molecule has 0 amide bonds. The van der Waals surface area contributed by atoms with Crippen molar-refractivity contribution >= 4 is 23.8 Å². The highest BCUT2D eigenvalue weighted by Gasteiger charge is 2.28. The van der Waals surface area contributed by atoms with Crippen LogP contribution in [0.25, 0.3) is 11.8 Å². The molecule has 0 bridgehead atoms. The van der Waals surface area contributed by atoms with Gasteiger partial charge in [-0.2, -0.15) is 5.10 Å². The highest BCUT2D eigenvalue weighted by molar-refractivity contribution is 6.13. The molecule has 2 aromatic carbocycles. The van der Waals surface area contributed by atoms with E-state index < -0.39 is 5.97 Å². The van der Waals surface area contributed by atoms with E-state index in [0.29, 0.717) is 11.6 Å². The van der Waals surface area contributed by atoms with Gasteiger partial charge in [0.15, 0.2) is 5.70 Å². The fourth-order valence-corrected chi connectivity index (χ4v) is 4.04. The summed E-state index contributed by atoms with van der Waals surface area (Å²) in [6, 6.07) is 17.9. The molecule has 0 aliphatic carbocycles. The number of rotatable bonds is 4. The number of esters is 1. The topological polar surface area (TPSA) is 59.7 Å². The molecule has 0 spiro atoms. The number of anilines is 1. The number of aromatic nitrogens is 2. The quantitative estimate of drug-likeness (QED) is 0.470. The first-order valence-corrected chi connectivity index (χ1v) is 10.6. The maximum Gasteiger partial charge on any atom is 0.363 e. The first-order valence-electron chi connectivity index (χ1n) is 10.6. The maximum atomic E-state index is 12.6. The second kappa shape index (κ2) is 7.87. The number of aryl methyl sites for hydroxylation is 2. The molecule has 5 rings (SSSR count). The molecular formula is C25H24N4O2. The zero-order valence-corrected chi connectivity index (χ0v) is 17.7. The fraction of sp³-hybridized carbons (Fsp3) is 0.240. The molecule has 156 valence electrons. The lowest BCUT2D eigenvalue weighted by atomic mass is 10.1. The second-order valence-electron chi connectivity index (χ2n) is 7.97. The monoisotopic (exact) mass is 412 g/mol. The Labute approximate surface area is 181 Å². The minimum absolute atomic E-state index is 0.298. The van der Waals surface area contributed by atoms with Gasteiger partial charge in [0, 0.05) is 24.2 Å². The lowest BCUT2D eigenvalue weighted by molar-refractivity contribution is -0.129. The number of cyclic esters (lactones) is 1. The van der Waals surface area contributed by atoms with E-state index in [-0.39, 0.29) is 0 Å². The van der Waals surface area contributed by atoms with E-state index in [9.17, 15) is 4.79 Å². The second-order valence-corrected chi connectivity index (χ2v) is 7.97. The van der Waals surface area contributed by atoms with E-state index in [1.54, 1.807) is 0 Å². The van der Waals surface area contributed by atoms with Gasteiger partial charge in [-0.3, -0.25) is 0 Å². The van der Waals surface area contributed by atoms with Crippen LogP contribution in [0.4, 0.5) is 5.82 Å². The molecule has 6 heteroatoms. The summed E-state index contributed by atoms with van der Waals surface area (Å²) >= 11 is 0. The Balaban J connectivity index is 1.60. The third-order valence-electron chi connectivity index (χ3n) is 5.69. The summed E-state index contributed by atoms with van der Waals surface area (Å²) in [7, 11) is 0. The van der Waals surface area contributed by atoms with E-state index in [1.807, 2.05) is 79.2 Å². The molecule has 1 aromatic heterocycles. The van der Waals surface area contributed by atoms with Crippen molar-refractivity contribution < 1.29 is 9.53 Å². The van der Waals surface area contributed by atoms with Crippen LogP contribution in [-0.2, 0) is 9.53 Å². The van der Waals surface area contributed by atoms with Gasteiger partial charge in [-0.25, -0.2) is 14.5 Å². The van der Waals surface area contributed by atoms with Gasteiger partial charge in [-0.05, 0) is 57.0 Å². The molecule has 1 saturated heterocycles. The van der Waals surface area contributed by atoms with Crippen molar-refractivity contribution in [3.63, 3.8) is 0 Å². The Bertz CT molecular complexity index is 1180. The van der Waals surface area contributed by atoms with E-state index in [0.717, 1.165) is 59.8 Å². The number of ether oxygens (including phenoxy) is 1. The minimum atomic E-state index is -0.435. The van der Waals surface area contributed by atoms with Crippen LogP contribution in [0.3, 0.4) is 0 Å². The number of carbonyl (C=O) groups is 1. The van der Waals surface area contributed by atoms with E-state index >= 15 is 0 Å². The van der Waals surface area contributed by atoms with E-state index in [4.69, 9.17) is 9.84 Å². The standard InChI is InChI=1S/C25H24N4O2/c1-17-10-12-19(13-11-17)23-26-22(25(30)31-23)16-21-18(2)27-29(20-8-4-3-5-9-20)24(21)28-14-6-7-15-28/h3-5,8-13,16H,6-7,14-15H2,1-2H3/b22-16+. The van der Waals surface area contributed by atoms with Crippen molar-refractivity contribution in [2.45, 2.75) is 26.7 Å². The summed E-state index contributed by atoms with van der Waals surface area (Å²) < 4.78 is 7.44. The van der Waals surface area contributed by atoms with Crippen LogP contribution in [-0.4, -0.2) is 34.7 Å². The molecule has 0 unspecified atom stereocenters.